The lowest BCUT2D eigenvalue weighted by Crippen LogP contribution is -2.48. The van der Waals surface area contributed by atoms with E-state index in [1.54, 1.807) is 24.3 Å². The zero-order chi connectivity index (χ0) is 46.0. The number of carbonyl (C=O) groups excluding carboxylic acids is 5. The third-order valence-electron chi connectivity index (χ3n) is 10.5. The van der Waals surface area contributed by atoms with E-state index in [2.05, 4.69) is 57.4 Å². The molecule has 5 amide bonds. The third kappa shape index (κ3) is 14.3. The molecule has 64 heavy (non-hydrogen) atoms. The highest BCUT2D eigenvalue weighted by Gasteiger charge is 2.29. The first-order valence-electron chi connectivity index (χ1n) is 21.1. The van der Waals surface area contributed by atoms with Gasteiger partial charge in [0.25, 0.3) is 5.69 Å². The summed E-state index contributed by atoms with van der Waals surface area (Å²) in [5.74, 6) is -0.588. The van der Waals surface area contributed by atoms with E-state index in [9.17, 15) is 34.1 Å². The smallest absolute Gasteiger partial charge is 0.449 e. The normalized spacial score (nSPS) is 12.4. The van der Waals surface area contributed by atoms with E-state index in [0.717, 1.165) is 22.3 Å². The molecule has 1 aliphatic rings. The van der Waals surface area contributed by atoms with Gasteiger partial charge in [0.15, 0.2) is 0 Å². The van der Waals surface area contributed by atoms with E-state index in [4.69, 9.17) is 19.9 Å². The molecular weight excluding hydrogens is 823 g/mol. The van der Waals surface area contributed by atoms with E-state index in [-0.39, 0.29) is 61.8 Å². The maximum atomic E-state index is 13.6. The van der Waals surface area contributed by atoms with Crippen molar-refractivity contribution < 1.29 is 43.1 Å². The van der Waals surface area contributed by atoms with Gasteiger partial charge in [0.2, 0.25) is 11.8 Å². The lowest BCUT2D eigenvalue weighted by molar-refractivity contribution is -0.384. The number of nitro groups is 1. The molecule has 0 unspecified atom stereocenters. The summed E-state index contributed by atoms with van der Waals surface area (Å²) in [5, 5.41) is 25.3. The minimum Gasteiger partial charge on any atom is -0.449 e. The Morgan fingerprint density at radius 2 is 1.42 bits per heavy atom. The van der Waals surface area contributed by atoms with Crippen molar-refractivity contribution >= 4 is 41.5 Å². The maximum Gasteiger partial charge on any atom is 0.514 e. The van der Waals surface area contributed by atoms with Gasteiger partial charge in [-0.25, -0.2) is 14.4 Å². The highest BCUT2D eigenvalue weighted by Crippen LogP contribution is 2.44. The molecule has 0 radical (unpaired) electrons. The lowest BCUT2D eigenvalue weighted by atomic mass is 9.98. The molecular formula is C47H55N7O10. The standard InChI is InChI=1S/C47H55N7O10/c1-30(2)43(53-42(55)17-5-4-10-26-50-46(58)62-29-40-38-14-8-6-12-36(38)37-13-7-9-15-39(37)40)31(3)51-41(16-11-27-49-45(48)57)44(56)52-33-20-18-32(19-21-33)28-63-47(59)64-35-24-22-34(23-25-35)54(60)61/h6-9,12-15,18-25,30,40-41,43,51H,3-5,10-11,16-17,26-29H2,1-2H3,(H,50,58)(H,52,56)(H,53,55)(H3,48,49,57)/t41-,43-/m0/s1. The number of nitrogens with two attached hydrogens (primary N) is 1. The van der Waals surface area contributed by atoms with Gasteiger partial charge >= 0.3 is 18.3 Å². The summed E-state index contributed by atoms with van der Waals surface area (Å²) in [7, 11) is 0. The van der Waals surface area contributed by atoms with Gasteiger partial charge in [-0.05, 0) is 83.7 Å². The first-order chi connectivity index (χ1) is 30.8. The molecule has 7 N–H and O–H groups in total. The van der Waals surface area contributed by atoms with Crippen LogP contribution in [0.3, 0.4) is 0 Å². The van der Waals surface area contributed by atoms with Crippen molar-refractivity contribution in [3.8, 4) is 16.9 Å². The van der Waals surface area contributed by atoms with Gasteiger partial charge in [0, 0.05) is 48.9 Å². The number of rotatable bonds is 23. The predicted octanol–water partition coefficient (Wildman–Crippen LogP) is 7.41. The highest BCUT2D eigenvalue weighted by atomic mass is 16.7. The van der Waals surface area contributed by atoms with E-state index in [1.807, 2.05) is 38.1 Å². The van der Waals surface area contributed by atoms with Crippen molar-refractivity contribution in [1.29, 1.82) is 0 Å². The molecule has 0 bridgehead atoms. The Morgan fingerprint density at radius 1 is 0.781 bits per heavy atom. The Balaban J connectivity index is 1.03. The number of primary amides is 1. The number of amides is 5. The average molecular weight is 878 g/mol. The number of benzene rings is 4. The van der Waals surface area contributed by atoms with Crippen LogP contribution in [0.4, 0.5) is 25.8 Å². The number of anilines is 1. The molecule has 17 heteroatoms. The number of hydrogen-bond donors (Lipinski definition) is 6. The zero-order valence-electron chi connectivity index (χ0n) is 35.9. The topological polar surface area (TPSA) is 242 Å². The van der Waals surface area contributed by atoms with Crippen LogP contribution in [0.1, 0.15) is 75.0 Å². The van der Waals surface area contributed by atoms with Crippen LogP contribution in [0, 0.1) is 16.0 Å². The van der Waals surface area contributed by atoms with Crippen LogP contribution >= 0.6 is 0 Å². The molecule has 17 nitrogen and oxygen atoms in total. The van der Waals surface area contributed by atoms with Gasteiger partial charge in [-0.2, -0.15) is 0 Å². The van der Waals surface area contributed by atoms with E-state index >= 15 is 0 Å². The van der Waals surface area contributed by atoms with Gasteiger partial charge in [-0.3, -0.25) is 19.7 Å². The number of nitrogens with zero attached hydrogens (tertiary/aromatic N) is 1. The number of hydrogen-bond acceptors (Lipinski definition) is 11. The fraction of sp³-hybridized carbons (Fsp3) is 0.340. The van der Waals surface area contributed by atoms with Gasteiger partial charge in [-0.1, -0.05) is 87.5 Å². The molecule has 0 saturated heterocycles. The lowest BCUT2D eigenvalue weighted by Gasteiger charge is -2.29. The average Bonchev–Trinajstić information content (AvgIpc) is 3.60. The van der Waals surface area contributed by atoms with Crippen LogP contribution in [0.15, 0.2) is 109 Å². The SMILES string of the molecule is C=C(N[C@@H](CCCNC(N)=O)C(=O)Nc1ccc(COC(=O)Oc2ccc([N+](=O)[O-])cc2)cc1)[C@@H](NC(=O)CCCCCNC(=O)OCC1c2ccccc2-c2ccccc21)C(C)C. The van der Waals surface area contributed by atoms with Crippen LogP contribution in [0.2, 0.25) is 0 Å². The number of carbonyl (C=O) groups is 5. The molecule has 0 saturated carbocycles. The Labute approximate surface area is 371 Å². The van der Waals surface area contributed by atoms with Crippen molar-refractivity contribution in [2.24, 2.45) is 11.7 Å². The number of fused-ring (bicyclic) bond motifs is 3. The molecule has 0 fully saturated rings. The third-order valence-corrected chi connectivity index (χ3v) is 10.5. The van der Waals surface area contributed by atoms with Crippen molar-refractivity contribution in [2.75, 3.05) is 25.0 Å². The minimum atomic E-state index is -1.00. The summed E-state index contributed by atoms with van der Waals surface area (Å²) in [6, 6.07) is 25.9. The van der Waals surface area contributed by atoms with Gasteiger partial charge in [0.1, 0.15) is 25.0 Å². The molecule has 338 valence electrons. The molecule has 4 aromatic rings. The first kappa shape index (κ1) is 47.6. The monoisotopic (exact) mass is 877 g/mol. The number of alkyl carbamates (subject to hydrolysis) is 1. The summed E-state index contributed by atoms with van der Waals surface area (Å²) < 4.78 is 15.8. The Bertz CT molecular complexity index is 2220. The maximum absolute atomic E-state index is 13.6. The molecule has 0 aliphatic heterocycles. The van der Waals surface area contributed by atoms with Crippen LogP contribution in [-0.2, 0) is 25.7 Å². The fourth-order valence-electron chi connectivity index (χ4n) is 7.25. The van der Waals surface area contributed by atoms with Crippen LogP contribution in [0.5, 0.6) is 5.75 Å². The van der Waals surface area contributed by atoms with E-state index < -0.39 is 41.2 Å². The van der Waals surface area contributed by atoms with Crippen molar-refractivity contribution in [3.05, 3.63) is 136 Å². The molecule has 0 aromatic heterocycles. The van der Waals surface area contributed by atoms with E-state index in [0.29, 0.717) is 49.2 Å². The van der Waals surface area contributed by atoms with Crippen LogP contribution < -0.4 is 37.1 Å². The van der Waals surface area contributed by atoms with Gasteiger partial charge < -0.3 is 46.5 Å². The molecule has 0 heterocycles. The second-order valence-corrected chi connectivity index (χ2v) is 15.6. The number of urea groups is 1. The minimum absolute atomic E-state index is 0.0216. The van der Waals surface area contributed by atoms with Crippen LogP contribution in [0.25, 0.3) is 11.1 Å². The molecule has 4 aromatic carbocycles. The first-order valence-corrected chi connectivity index (χ1v) is 21.1. The summed E-state index contributed by atoms with van der Waals surface area (Å²) in [6.45, 7) is 8.78. The molecule has 1 aliphatic carbocycles. The van der Waals surface area contributed by atoms with Gasteiger partial charge in [0.05, 0.1) is 11.0 Å². The van der Waals surface area contributed by atoms with E-state index in [1.165, 1.54) is 24.3 Å². The Hall–Kier alpha value is -7.43. The number of nitro benzene ring substituents is 1. The summed E-state index contributed by atoms with van der Waals surface area (Å²) >= 11 is 0. The molecule has 2 atom stereocenters. The number of unbranched alkanes of at least 4 members (excludes halogenated alkanes) is 2. The van der Waals surface area contributed by atoms with Crippen molar-refractivity contribution in [3.63, 3.8) is 0 Å². The fourth-order valence-corrected chi connectivity index (χ4v) is 7.25. The quantitative estimate of drug-likeness (QED) is 0.0141. The van der Waals surface area contributed by atoms with Gasteiger partial charge in [-0.15, -0.1) is 0 Å². The largest absolute Gasteiger partial charge is 0.514 e. The Kier molecular flexibility index (Phi) is 17.6. The highest BCUT2D eigenvalue weighted by molar-refractivity contribution is 5.95. The predicted molar refractivity (Wildman–Crippen MR) is 240 cm³/mol. The summed E-state index contributed by atoms with van der Waals surface area (Å²) in [4.78, 5) is 72.9. The number of ether oxygens (including phenoxy) is 3. The summed E-state index contributed by atoms with van der Waals surface area (Å²) in [6.07, 6.45) is 1.43. The van der Waals surface area contributed by atoms with Crippen molar-refractivity contribution in [2.45, 2.75) is 77.0 Å². The van der Waals surface area contributed by atoms with Crippen LogP contribution in [-0.4, -0.2) is 66.8 Å². The molecule has 5 rings (SSSR count). The second-order valence-electron chi connectivity index (χ2n) is 15.6. The second kappa shape index (κ2) is 23.7. The zero-order valence-corrected chi connectivity index (χ0v) is 35.9. The number of nitrogens with one attached hydrogen (secondary N) is 5. The summed E-state index contributed by atoms with van der Waals surface area (Å²) in [5.41, 5.74) is 11.2. The number of non-ortho nitro benzene ring substituents is 1. The van der Waals surface area contributed by atoms with Crippen molar-refractivity contribution in [1.82, 2.24) is 21.3 Å². The molecule has 0 spiro atoms. The Morgan fingerprint density at radius 3 is 2.05 bits per heavy atom.